The molecule has 0 radical (unpaired) electrons. The number of halogens is 1. The van der Waals surface area contributed by atoms with Gasteiger partial charge in [0.15, 0.2) is 0 Å². The maximum Gasteiger partial charge on any atom is 0.319 e. The van der Waals surface area contributed by atoms with Gasteiger partial charge in [0, 0.05) is 17.6 Å². The number of urea groups is 1. The van der Waals surface area contributed by atoms with E-state index in [1.54, 1.807) is 6.20 Å². The molecule has 0 aliphatic heterocycles. The van der Waals surface area contributed by atoms with Crippen LogP contribution in [-0.4, -0.2) is 23.6 Å². The smallest absolute Gasteiger partial charge is 0.319 e. The van der Waals surface area contributed by atoms with Gasteiger partial charge in [-0.05, 0) is 50.1 Å². The second kappa shape index (κ2) is 8.39. The van der Waals surface area contributed by atoms with Gasteiger partial charge in [-0.2, -0.15) is 0 Å². The van der Waals surface area contributed by atoms with Crippen LogP contribution in [0.15, 0.2) is 42.6 Å². The van der Waals surface area contributed by atoms with Gasteiger partial charge in [0.1, 0.15) is 5.82 Å². The molecule has 0 unspecified atom stereocenters. The monoisotopic (exact) mass is 332 g/mol. The molecule has 0 saturated heterocycles. The molecular formula is C17H21ClN4O. The second-order valence-electron chi connectivity index (χ2n) is 5.49. The van der Waals surface area contributed by atoms with Crippen molar-refractivity contribution in [2.75, 3.05) is 17.2 Å². The molecule has 1 aromatic heterocycles. The molecule has 0 bridgehead atoms. The highest BCUT2D eigenvalue weighted by Crippen LogP contribution is 2.12. The Morgan fingerprint density at radius 3 is 2.74 bits per heavy atom. The van der Waals surface area contributed by atoms with Crippen molar-refractivity contribution in [2.45, 2.75) is 26.3 Å². The summed E-state index contributed by atoms with van der Waals surface area (Å²) < 4.78 is 0. The fourth-order valence-corrected chi connectivity index (χ4v) is 2.24. The lowest BCUT2D eigenvalue weighted by molar-refractivity contribution is 0.250. The average Bonchev–Trinajstić information content (AvgIpc) is 2.48. The number of benzene rings is 1. The van der Waals surface area contributed by atoms with Crippen LogP contribution in [0.5, 0.6) is 0 Å². The van der Waals surface area contributed by atoms with E-state index in [1.165, 1.54) is 5.56 Å². The van der Waals surface area contributed by atoms with Crippen molar-refractivity contribution in [1.29, 1.82) is 0 Å². The highest BCUT2D eigenvalue weighted by molar-refractivity contribution is 6.30. The van der Waals surface area contributed by atoms with Crippen LogP contribution in [0.3, 0.4) is 0 Å². The molecule has 2 aromatic rings. The van der Waals surface area contributed by atoms with Gasteiger partial charge >= 0.3 is 6.03 Å². The molecular weight excluding hydrogens is 312 g/mol. The van der Waals surface area contributed by atoms with Crippen molar-refractivity contribution in [3.05, 3.63) is 53.2 Å². The predicted octanol–water partition coefficient (Wildman–Crippen LogP) is 3.92. The number of pyridine rings is 1. The molecule has 2 amide bonds. The van der Waals surface area contributed by atoms with Gasteiger partial charge in [-0.25, -0.2) is 9.78 Å². The van der Waals surface area contributed by atoms with E-state index in [0.29, 0.717) is 5.69 Å². The third-order valence-electron chi connectivity index (χ3n) is 3.05. The van der Waals surface area contributed by atoms with Gasteiger partial charge in [-0.15, -0.1) is 0 Å². The van der Waals surface area contributed by atoms with E-state index in [0.717, 1.165) is 23.8 Å². The van der Waals surface area contributed by atoms with Crippen molar-refractivity contribution in [1.82, 2.24) is 10.3 Å². The fraction of sp³-hybridized carbons (Fsp3) is 0.294. The molecule has 0 atom stereocenters. The minimum Gasteiger partial charge on any atom is -0.370 e. The SMILES string of the molecule is CC(C)NC(=O)Nc1ccc(NCCc2cccc(Cl)c2)nc1. The van der Waals surface area contributed by atoms with Crippen molar-refractivity contribution < 1.29 is 4.79 Å². The van der Waals surface area contributed by atoms with Crippen molar-refractivity contribution in [3.8, 4) is 0 Å². The Kier molecular flexibility index (Phi) is 6.23. The number of hydrogen-bond donors (Lipinski definition) is 3. The van der Waals surface area contributed by atoms with E-state index in [1.807, 2.05) is 50.2 Å². The van der Waals surface area contributed by atoms with Crippen LogP contribution in [0.2, 0.25) is 5.02 Å². The Labute approximate surface area is 141 Å². The van der Waals surface area contributed by atoms with Gasteiger partial charge in [-0.3, -0.25) is 0 Å². The highest BCUT2D eigenvalue weighted by atomic mass is 35.5. The topological polar surface area (TPSA) is 66.1 Å². The zero-order valence-electron chi connectivity index (χ0n) is 13.3. The third kappa shape index (κ3) is 6.16. The molecule has 2 rings (SSSR count). The number of nitrogens with zero attached hydrogens (tertiary/aromatic N) is 1. The zero-order chi connectivity index (χ0) is 16.7. The van der Waals surface area contributed by atoms with Crippen molar-refractivity contribution >= 4 is 29.1 Å². The van der Waals surface area contributed by atoms with E-state index < -0.39 is 0 Å². The molecule has 0 spiro atoms. The van der Waals surface area contributed by atoms with Gasteiger partial charge in [-0.1, -0.05) is 23.7 Å². The van der Waals surface area contributed by atoms with Crippen LogP contribution in [-0.2, 0) is 6.42 Å². The molecule has 5 nitrogen and oxygen atoms in total. The highest BCUT2D eigenvalue weighted by Gasteiger charge is 2.03. The first kappa shape index (κ1) is 17.1. The average molecular weight is 333 g/mol. The Hall–Kier alpha value is -2.27. The lowest BCUT2D eigenvalue weighted by Crippen LogP contribution is -2.34. The van der Waals surface area contributed by atoms with Crippen LogP contribution in [0.25, 0.3) is 0 Å². The number of amides is 2. The zero-order valence-corrected chi connectivity index (χ0v) is 14.0. The number of carbonyl (C=O) groups excluding carboxylic acids is 1. The molecule has 0 saturated carbocycles. The molecule has 0 fully saturated rings. The van der Waals surface area contributed by atoms with Crippen LogP contribution in [0, 0.1) is 0 Å². The molecule has 1 aromatic carbocycles. The summed E-state index contributed by atoms with van der Waals surface area (Å²) in [5.41, 5.74) is 1.83. The molecule has 0 aliphatic carbocycles. The van der Waals surface area contributed by atoms with Crippen LogP contribution in [0.1, 0.15) is 19.4 Å². The van der Waals surface area contributed by atoms with E-state index in [9.17, 15) is 4.79 Å². The largest absolute Gasteiger partial charge is 0.370 e. The molecule has 23 heavy (non-hydrogen) atoms. The minimum absolute atomic E-state index is 0.0930. The van der Waals surface area contributed by atoms with Gasteiger partial charge in [0.25, 0.3) is 0 Å². The Balaban J connectivity index is 1.79. The quantitative estimate of drug-likeness (QED) is 0.751. The number of anilines is 2. The second-order valence-corrected chi connectivity index (χ2v) is 5.93. The number of aromatic nitrogens is 1. The van der Waals surface area contributed by atoms with E-state index in [2.05, 4.69) is 20.9 Å². The lowest BCUT2D eigenvalue weighted by Gasteiger charge is -2.10. The summed E-state index contributed by atoms with van der Waals surface area (Å²) in [5, 5.41) is 9.48. The first-order chi connectivity index (χ1) is 11.0. The Bertz CT molecular complexity index is 643. The summed E-state index contributed by atoms with van der Waals surface area (Å²) in [7, 11) is 0. The molecule has 3 N–H and O–H groups in total. The number of rotatable bonds is 6. The molecule has 0 aliphatic rings. The molecule has 122 valence electrons. The maximum atomic E-state index is 11.6. The Morgan fingerprint density at radius 2 is 2.09 bits per heavy atom. The number of nitrogens with one attached hydrogen (secondary N) is 3. The molecule has 1 heterocycles. The van der Waals surface area contributed by atoms with E-state index >= 15 is 0 Å². The summed E-state index contributed by atoms with van der Waals surface area (Å²) in [4.78, 5) is 15.9. The number of carbonyl (C=O) groups is 1. The predicted molar refractivity (Wildman–Crippen MR) is 95.2 cm³/mol. The maximum absolute atomic E-state index is 11.6. The van der Waals surface area contributed by atoms with Gasteiger partial charge < -0.3 is 16.0 Å². The van der Waals surface area contributed by atoms with Crippen molar-refractivity contribution in [3.63, 3.8) is 0 Å². The fourth-order valence-electron chi connectivity index (χ4n) is 2.03. The van der Waals surface area contributed by atoms with E-state index in [-0.39, 0.29) is 12.1 Å². The van der Waals surface area contributed by atoms with Crippen LogP contribution >= 0.6 is 11.6 Å². The molecule has 6 heteroatoms. The number of hydrogen-bond acceptors (Lipinski definition) is 3. The lowest BCUT2D eigenvalue weighted by atomic mass is 10.1. The summed E-state index contributed by atoms with van der Waals surface area (Å²) in [5.74, 6) is 0.766. The third-order valence-corrected chi connectivity index (χ3v) is 3.29. The summed E-state index contributed by atoms with van der Waals surface area (Å²) in [6.45, 7) is 4.57. The Morgan fingerprint density at radius 1 is 1.26 bits per heavy atom. The van der Waals surface area contributed by atoms with Gasteiger partial charge in [0.2, 0.25) is 0 Å². The van der Waals surface area contributed by atoms with Gasteiger partial charge in [0.05, 0.1) is 11.9 Å². The minimum atomic E-state index is -0.233. The summed E-state index contributed by atoms with van der Waals surface area (Å²) >= 11 is 5.96. The first-order valence-corrected chi connectivity index (χ1v) is 7.92. The first-order valence-electron chi connectivity index (χ1n) is 7.55. The van der Waals surface area contributed by atoms with E-state index in [4.69, 9.17) is 11.6 Å². The normalized spacial score (nSPS) is 10.4. The summed E-state index contributed by atoms with van der Waals surface area (Å²) in [6, 6.07) is 11.3. The summed E-state index contributed by atoms with van der Waals surface area (Å²) in [6.07, 6.45) is 2.49. The van der Waals surface area contributed by atoms with Crippen LogP contribution in [0.4, 0.5) is 16.3 Å². The van der Waals surface area contributed by atoms with Crippen molar-refractivity contribution in [2.24, 2.45) is 0 Å². The van der Waals surface area contributed by atoms with Crippen LogP contribution < -0.4 is 16.0 Å². The standard InChI is InChI=1S/C17H21ClN4O/c1-12(2)21-17(23)22-15-6-7-16(20-11-15)19-9-8-13-4-3-5-14(18)10-13/h3-7,10-12H,8-9H2,1-2H3,(H,19,20)(H2,21,22,23).